The maximum atomic E-state index is 13.5. The van der Waals surface area contributed by atoms with Gasteiger partial charge in [0.2, 0.25) is 0 Å². The van der Waals surface area contributed by atoms with E-state index in [9.17, 15) is 14.3 Å². The van der Waals surface area contributed by atoms with Crippen LogP contribution in [-0.2, 0) is 4.74 Å². The van der Waals surface area contributed by atoms with E-state index in [0.717, 1.165) is 6.20 Å². The monoisotopic (exact) mass is 337 g/mol. The molecule has 0 aliphatic carbocycles. The van der Waals surface area contributed by atoms with E-state index in [2.05, 4.69) is 10.9 Å². The first kappa shape index (κ1) is 16.0. The number of halogens is 3. The Labute approximate surface area is 128 Å². The van der Waals surface area contributed by atoms with Gasteiger partial charge in [-0.25, -0.2) is 9.18 Å². The van der Waals surface area contributed by atoms with Crippen LogP contribution in [0.3, 0.4) is 0 Å². The lowest BCUT2D eigenvalue weighted by atomic mass is 9.99. The number of aliphatic hydroxyl groups is 2. The Kier molecular flexibility index (Phi) is 4.41. The highest BCUT2D eigenvalue weighted by molar-refractivity contribution is 6.32. The van der Waals surface area contributed by atoms with Crippen LogP contribution in [0.25, 0.3) is 0 Å². The Morgan fingerprint density at radius 3 is 2.90 bits per heavy atom. The van der Waals surface area contributed by atoms with Crippen LogP contribution in [0.15, 0.2) is 11.0 Å². The maximum absolute atomic E-state index is 13.5. The zero-order valence-electron chi connectivity index (χ0n) is 10.3. The average molecular weight is 338 g/mol. The average Bonchev–Trinajstić information content (AvgIpc) is 2.67. The van der Waals surface area contributed by atoms with Crippen molar-refractivity contribution >= 4 is 29.0 Å². The van der Waals surface area contributed by atoms with E-state index in [1.807, 2.05) is 5.38 Å². The van der Waals surface area contributed by atoms with Crippen LogP contribution in [0.4, 0.5) is 10.2 Å². The number of rotatable bonds is 2. The molecule has 10 heteroatoms. The van der Waals surface area contributed by atoms with E-state index in [0.29, 0.717) is 4.57 Å². The minimum atomic E-state index is -1.86. The van der Waals surface area contributed by atoms with E-state index in [4.69, 9.17) is 38.8 Å². The largest absolute Gasteiger partial charge is 0.394 e. The quantitative estimate of drug-likeness (QED) is 0.490. The fourth-order valence-corrected chi connectivity index (χ4v) is 2.55. The van der Waals surface area contributed by atoms with Gasteiger partial charge in [-0.05, 0) is 11.6 Å². The lowest BCUT2D eigenvalue weighted by molar-refractivity contribution is -0.0467. The summed E-state index contributed by atoms with van der Waals surface area (Å²) >= 11 is 11.5. The normalized spacial score (nSPS) is 31.8. The van der Waals surface area contributed by atoms with Crippen molar-refractivity contribution in [3.63, 3.8) is 0 Å². The molecule has 1 aliphatic heterocycles. The van der Waals surface area contributed by atoms with Crippen LogP contribution in [0.2, 0.25) is 0 Å². The highest BCUT2D eigenvalue weighted by Crippen LogP contribution is 2.42. The number of nitrogen functional groups attached to an aromatic ring is 1. The molecule has 1 saturated heterocycles. The molecule has 1 fully saturated rings. The van der Waals surface area contributed by atoms with E-state index in [1.54, 1.807) is 0 Å². The van der Waals surface area contributed by atoms with Gasteiger partial charge in [0.1, 0.15) is 12.2 Å². The fraction of sp³-hybridized carbons (Fsp3) is 0.455. The number of aromatic nitrogens is 2. The van der Waals surface area contributed by atoms with Crippen LogP contribution in [-0.4, -0.2) is 43.5 Å². The summed E-state index contributed by atoms with van der Waals surface area (Å²) in [6.07, 6.45) is -3.27. The molecule has 21 heavy (non-hydrogen) atoms. The molecule has 0 radical (unpaired) electrons. The molecule has 7 nitrogen and oxygen atoms in total. The minimum Gasteiger partial charge on any atom is -0.394 e. The second kappa shape index (κ2) is 5.79. The topological polar surface area (TPSA) is 111 Å². The lowest BCUT2D eigenvalue weighted by Gasteiger charge is -2.25. The van der Waals surface area contributed by atoms with E-state index in [1.165, 1.54) is 0 Å². The van der Waals surface area contributed by atoms with Crippen molar-refractivity contribution in [2.75, 3.05) is 12.3 Å². The van der Waals surface area contributed by atoms with E-state index < -0.39 is 47.2 Å². The predicted molar refractivity (Wildman–Crippen MR) is 72.1 cm³/mol. The highest BCUT2D eigenvalue weighted by Gasteiger charge is 2.56. The molecule has 2 rings (SSSR count). The molecule has 0 saturated carbocycles. The number of alkyl halides is 1. The number of hydrogen-bond acceptors (Lipinski definition) is 6. The van der Waals surface area contributed by atoms with Crippen LogP contribution in [0, 0.1) is 17.1 Å². The van der Waals surface area contributed by atoms with Gasteiger partial charge >= 0.3 is 5.69 Å². The summed E-state index contributed by atoms with van der Waals surface area (Å²) < 4.78 is 19.5. The molecule has 4 N–H and O–H groups in total. The summed E-state index contributed by atoms with van der Waals surface area (Å²) in [6, 6.07) is 0. The summed E-state index contributed by atoms with van der Waals surface area (Å²) in [7, 11) is 0. The molecule has 0 aromatic carbocycles. The summed E-state index contributed by atoms with van der Waals surface area (Å²) in [6.45, 7) is -0.588. The number of ether oxygens (including phenoxy) is 1. The molecule has 1 aromatic rings. The SMILES string of the molecule is Nc1nc(=O)n(C2O[C@H](CO)C(O)[C@]2(Cl)C#CCl)cc1F. The predicted octanol–water partition coefficient (Wildman–Crippen LogP) is -0.607. The Balaban J connectivity index is 2.58. The number of nitrogens with zero attached hydrogens (tertiary/aromatic N) is 2. The third-order valence-electron chi connectivity index (χ3n) is 3.05. The van der Waals surface area contributed by atoms with Gasteiger partial charge < -0.3 is 20.7 Å². The van der Waals surface area contributed by atoms with Crippen molar-refractivity contribution in [1.29, 1.82) is 0 Å². The Morgan fingerprint density at radius 2 is 2.33 bits per heavy atom. The molecule has 0 bridgehead atoms. The van der Waals surface area contributed by atoms with Crippen molar-refractivity contribution in [2.24, 2.45) is 0 Å². The molecule has 4 atom stereocenters. The van der Waals surface area contributed by atoms with Gasteiger partial charge in [-0.3, -0.25) is 4.57 Å². The summed E-state index contributed by atoms with van der Waals surface area (Å²) in [5, 5.41) is 21.2. The maximum Gasteiger partial charge on any atom is 0.351 e. The van der Waals surface area contributed by atoms with Gasteiger partial charge in [0.25, 0.3) is 0 Å². The van der Waals surface area contributed by atoms with Gasteiger partial charge in [0.05, 0.1) is 12.8 Å². The van der Waals surface area contributed by atoms with Gasteiger partial charge in [0, 0.05) is 5.38 Å². The van der Waals surface area contributed by atoms with Crippen LogP contribution in [0.1, 0.15) is 6.23 Å². The highest BCUT2D eigenvalue weighted by atomic mass is 35.5. The van der Waals surface area contributed by atoms with Crippen LogP contribution < -0.4 is 11.4 Å². The number of aliphatic hydroxyl groups excluding tert-OH is 2. The smallest absolute Gasteiger partial charge is 0.351 e. The molecular formula is C11H10Cl2FN3O4. The van der Waals surface area contributed by atoms with Crippen LogP contribution >= 0.6 is 23.2 Å². The van der Waals surface area contributed by atoms with E-state index in [-0.39, 0.29) is 0 Å². The second-order valence-electron chi connectivity index (χ2n) is 4.31. The van der Waals surface area contributed by atoms with Crippen molar-refractivity contribution in [1.82, 2.24) is 9.55 Å². The van der Waals surface area contributed by atoms with Crippen LogP contribution in [0.5, 0.6) is 0 Å². The third-order valence-corrected chi connectivity index (χ3v) is 3.65. The first-order chi connectivity index (χ1) is 9.85. The third kappa shape index (κ3) is 2.59. The van der Waals surface area contributed by atoms with Gasteiger partial charge in [-0.1, -0.05) is 17.5 Å². The molecule has 2 heterocycles. The molecule has 1 aliphatic rings. The number of hydrogen-bond donors (Lipinski definition) is 3. The van der Waals surface area contributed by atoms with Crippen molar-refractivity contribution < 1.29 is 19.3 Å². The van der Waals surface area contributed by atoms with Gasteiger partial charge in [-0.2, -0.15) is 4.98 Å². The Morgan fingerprint density at radius 1 is 1.67 bits per heavy atom. The zero-order valence-corrected chi connectivity index (χ0v) is 11.8. The van der Waals surface area contributed by atoms with E-state index >= 15 is 0 Å². The van der Waals surface area contributed by atoms with Crippen molar-refractivity contribution in [3.05, 3.63) is 22.5 Å². The molecule has 1 aromatic heterocycles. The molecule has 0 spiro atoms. The summed E-state index contributed by atoms with van der Waals surface area (Å²) in [5.74, 6) is 0.738. The first-order valence-electron chi connectivity index (χ1n) is 5.65. The first-order valence-corrected chi connectivity index (χ1v) is 6.41. The minimum absolute atomic E-state index is 0.586. The summed E-state index contributed by atoms with van der Waals surface area (Å²) in [4.78, 5) is 13.2. The van der Waals surface area contributed by atoms with Crippen molar-refractivity contribution in [2.45, 2.75) is 23.3 Å². The number of nitrogens with two attached hydrogens (primary N) is 1. The number of anilines is 1. The molecular weight excluding hydrogens is 328 g/mol. The molecule has 0 amide bonds. The van der Waals surface area contributed by atoms with Gasteiger partial charge in [-0.15, -0.1) is 0 Å². The van der Waals surface area contributed by atoms with Crippen molar-refractivity contribution in [3.8, 4) is 11.3 Å². The molecule has 2 unspecified atom stereocenters. The summed E-state index contributed by atoms with van der Waals surface area (Å²) in [5.41, 5.74) is 4.23. The Hall–Kier alpha value is -1.37. The molecule has 114 valence electrons. The Bertz CT molecular complexity index is 674. The van der Waals surface area contributed by atoms with Gasteiger partial charge in [0.15, 0.2) is 22.7 Å². The second-order valence-corrected chi connectivity index (χ2v) is 5.12. The fourth-order valence-electron chi connectivity index (χ4n) is 2.00. The lowest BCUT2D eigenvalue weighted by Crippen LogP contribution is -2.43. The standard InChI is InChI=1S/C11H10Cl2FN3O4/c12-2-1-11(13)7(19)6(4-18)21-9(11)17-3-5(14)8(15)16-10(17)20/h3,6-7,9,18-19H,4H2,(H2,15,16,20)/t6-,7?,9?,11-/m1/s1. The zero-order chi connectivity index (χ0) is 15.8.